The first-order chi connectivity index (χ1) is 13.6. The standard InChI is InChI=1S/C22H25BrN2O2S/c23-19-9-11-20(12-10-19)28-17-22(27)25-15-13-24(14-16-25)21(26)8-4-7-18-5-2-1-3-6-18/h1-3,5-6,9-12H,4,7-8,13-17H2. The van der Waals surface area contributed by atoms with Crippen LogP contribution in [0.4, 0.5) is 0 Å². The Balaban J connectivity index is 1.35. The van der Waals surface area contributed by atoms with Gasteiger partial charge in [-0.1, -0.05) is 46.3 Å². The van der Waals surface area contributed by atoms with Crippen molar-refractivity contribution in [1.29, 1.82) is 0 Å². The van der Waals surface area contributed by atoms with Crippen molar-refractivity contribution in [3.8, 4) is 0 Å². The molecule has 0 radical (unpaired) electrons. The van der Waals surface area contributed by atoms with Crippen LogP contribution in [-0.2, 0) is 16.0 Å². The normalized spacial score (nSPS) is 14.2. The fourth-order valence-corrected chi connectivity index (χ4v) is 4.28. The molecule has 2 aromatic rings. The fourth-order valence-electron chi connectivity index (χ4n) is 3.22. The number of aryl methyl sites for hydroxylation is 1. The van der Waals surface area contributed by atoms with Crippen molar-refractivity contribution in [3.63, 3.8) is 0 Å². The second-order valence-electron chi connectivity index (χ2n) is 6.84. The monoisotopic (exact) mass is 460 g/mol. The number of carbonyl (C=O) groups is 2. The predicted octanol–water partition coefficient (Wildman–Crippen LogP) is 4.23. The van der Waals surface area contributed by atoms with Crippen LogP contribution in [0.25, 0.3) is 0 Å². The first-order valence-electron chi connectivity index (χ1n) is 9.59. The van der Waals surface area contributed by atoms with E-state index in [1.54, 1.807) is 11.8 Å². The molecule has 1 saturated heterocycles. The Morgan fingerprint density at radius 2 is 1.46 bits per heavy atom. The van der Waals surface area contributed by atoms with E-state index in [4.69, 9.17) is 0 Å². The van der Waals surface area contributed by atoms with Gasteiger partial charge in [-0.25, -0.2) is 0 Å². The third-order valence-electron chi connectivity index (χ3n) is 4.86. The molecule has 1 aliphatic rings. The molecule has 4 nitrogen and oxygen atoms in total. The Bertz CT molecular complexity index is 775. The Hall–Kier alpha value is -1.79. The number of carbonyl (C=O) groups excluding carboxylic acids is 2. The number of hydrogen-bond acceptors (Lipinski definition) is 3. The van der Waals surface area contributed by atoms with Crippen LogP contribution in [0.3, 0.4) is 0 Å². The van der Waals surface area contributed by atoms with E-state index in [9.17, 15) is 9.59 Å². The predicted molar refractivity (Wildman–Crippen MR) is 117 cm³/mol. The van der Waals surface area contributed by atoms with Crippen molar-refractivity contribution < 1.29 is 9.59 Å². The second-order valence-corrected chi connectivity index (χ2v) is 8.81. The molecule has 2 aromatic carbocycles. The summed E-state index contributed by atoms with van der Waals surface area (Å²) in [5, 5.41) is 0. The maximum absolute atomic E-state index is 12.4. The van der Waals surface area contributed by atoms with Crippen LogP contribution < -0.4 is 0 Å². The average molecular weight is 461 g/mol. The number of halogens is 1. The van der Waals surface area contributed by atoms with E-state index >= 15 is 0 Å². The summed E-state index contributed by atoms with van der Waals surface area (Å²) in [7, 11) is 0. The molecule has 6 heteroatoms. The summed E-state index contributed by atoms with van der Waals surface area (Å²) in [4.78, 5) is 29.7. The number of nitrogens with zero attached hydrogens (tertiary/aromatic N) is 2. The van der Waals surface area contributed by atoms with E-state index in [1.165, 1.54) is 5.56 Å². The highest BCUT2D eigenvalue weighted by Gasteiger charge is 2.23. The van der Waals surface area contributed by atoms with Crippen LogP contribution in [0.15, 0.2) is 64.0 Å². The zero-order valence-corrected chi connectivity index (χ0v) is 18.3. The summed E-state index contributed by atoms with van der Waals surface area (Å²) in [6, 6.07) is 18.2. The average Bonchev–Trinajstić information content (AvgIpc) is 2.74. The zero-order valence-electron chi connectivity index (χ0n) is 15.9. The Morgan fingerprint density at radius 3 is 2.11 bits per heavy atom. The highest BCUT2D eigenvalue weighted by Crippen LogP contribution is 2.21. The van der Waals surface area contributed by atoms with Crippen LogP contribution >= 0.6 is 27.7 Å². The molecule has 0 N–H and O–H groups in total. The lowest BCUT2D eigenvalue weighted by Gasteiger charge is -2.34. The highest BCUT2D eigenvalue weighted by atomic mass is 79.9. The largest absolute Gasteiger partial charge is 0.339 e. The van der Waals surface area contributed by atoms with Crippen molar-refractivity contribution >= 4 is 39.5 Å². The maximum Gasteiger partial charge on any atom is 0.233 e. The van der Waals surface area contributed by atoms with E-state index in [0.717, 1.165) is 22.2 Å². The molecule has 1 heterocycles. The summed E-state index contributed by atoms with van der Waals surface area (Å²) in [6.45, 7) is 2.53. The molecule has 0 unspecified atom stereocenters. The van der Waals surface area contributed by atoms with E-state index in [-0.39, 0.29) is 11.8 Å². The van der Waals surface area contributed by atoms with Gasteiger partial charge >= 0.3 is 0 Å². The number of amides is 2. The van der Waals surface area contributed by atoms with Gasteiger partial charge in [0.25, 0.3) is 0 Å². The summed E-state index contributed by atoms with van der Waals surface area (Å²) < 4.78 is 1.03. The molecule has 0 saturated carbocycles. The fraction of sp³-hybridized carbons (Fsp3) is 0.364. The molecule has 0 spiro atoms. The van der Waals surface area contributed by atoms with Crippen molar-refractivity contribution in [3.05, 3.63) is 64.6 Å². The van der Waals surface area contributed by atoms with Gasteiger partial charge in [0.15, 0.2) is 0 Å². The lowest BCUT2D eigenvalue weighted by atomic mass is 10.1. The van der Waals surface area contributed by atoms with Gasteiger partial charge in [0.05, 0.1) is 5.75 Å². The molecular weight excluding hydrogens is 436 g/mol. The second kappa shape index (κ2) is 10.7. The minimum absolute atomic E-state index is 0.143. The summed E-state index contributed by atoms with van der Waals surface area (Å²) in [6.07, 6.45) is 2.37. The maximum atomic E-state index is 12.4. The number of rotatable bonds is 7. The SMILES string of the molecule is O=C(CCCc1ccccc1)N1CCN(C(=O)CSc2ccc(Br)cc2)CC1. The molecule has 1 aliphatic heterocycles. The van der Waals surface area contributed by atoms with Gasteiger partial charge in [-0.3, -0.25) is 9.59 Å². The third-order valence-corrected chi connectivity index (χ3v) is 6.39. The molecule has 0 aliphatic carbocycles. The Kier molecular flexibility index (Phi) is 7.98. The summed E-state index contributed by atoms with van der Waals surface area (Å²) in [5.41, 5.74) is 1.27. The van der Waals surface area contributed by atoms with Gasteiger partial charge in [0.2, 0.25) is 11.8 Å². The van der Waals surface area contributed by atoms with Crippen molar-refractivity contribution in [2.45, 2.75) is 24.2 Å². The molecule has 3 rings (SSSR count). The van der Waals surface area contributed by atoms with E-state index < -0.39 is 0 Å². The zero-order chi connectivity index (χ0) is 19.8. The van der Waals surface area contributed by atoms with Crippen molar-refractivity contribution in [2.75, 3.05) is 31.9 Å². The van der Waals surface area contributed by atoms with Gasteiger partial charge < -0.3 is 9.80 Å². The third kappa shape index (κ3) is 6.38. The topological polar surface area (TPSA) is 40.6 Å². The molecular formula is C22H25BrN2O2S. The van der Waals surface area contributed by atoms with Gasteiger partial charge in [-0.2, -0.15) is 0 Å². The minimum Gasteiger partial charge on any atom is -0.339 e. The number of benzene rings is 2. The van der Waals surface area contributed by atoms with Gasteiger partial charge in [-0.05, 0) is 42.7 Å². The molecule has 2 amide bonds. The summed E-state index contributed by atoms with van der Waals surface area (Å²) >= 11 is 4.97. The van der Waals surface area contributed by atoms with Crippen molar-refractivity contribution in [2.24, 2.45) is 0 Å². The molecule has 0 atom stereocenters. The van der Waals surface area contributed by atoms with Gasteiger partial charge in [0.1, 0.15) is 0 Å². The lowest BCUT2D eigenvalue weighted by Crippen LogP contribution is -2.51. The number of thioether (sulfide) groups is 1. The highest BCUT2D eigenvalue weighted by molar-refractivity contribution is 9.10. The van der Waals surface area contributed by atoms with Crippen molar-refractivity contribution in [1.82, 2.24) is 9.80 Å². The molecule has 0 bridgehead atoms. The minimum atomic E-state index is 0.143. The van der Waals surface area contributed by atoms with Crippen LogP contribution in [-0.4, -0.2) is 53.5 Å². The molecule has 1 fully saturated rings. The Labute approximate surface area is 179 Å². The van der Waals surface area contributed by atoms with Crippen LogP contribution in [0, 0.1) is 0 Å². The van der Waals surface area contributed by atoms with Crippen LogP contribution in [0.2, 0.25) is 0 Å². The summed E-state index contributed by atoms with van der Waals surface area (Å²) in [5.74, 6) is 0.781. The van der Waals surface area contributed by atoms with Crippen LogP contribution in [0.1, 0.15) is 18.4 Å². The molecule has 0 aromatic heterocycles. The number of piperazine rings is 1. The number of hydrogen-bond donors (Lipinski definition) is 0. The smallest absolute Gasteiger partial charge is 0.233 e. The lowest BCUT2D eigenvalue weighted by molar-refractivity contribution is -0.138. The Morgan fingerprint density at radius 1 is 0.857 bits per heavy atom. The molecule has 28 heavy (non-hydrogen) atoms. The first-order valence-corrected chi connectivity index (χ1v) is 11.4. The van der Waals surface area contributed by atoms with E-state index in [1.807, 2.05) is 52.3 Å². The van der Waals surface area contributed by atoms with E-state index in [2.05, 4.69) is 28.1 Å². The quantitative estimate of drug-likeness (QED) is 0.580. The molecule has 148 valence electrons. The first kappa shape index (κ1) is 20.9. The van der Waals surface area contributed by atoms with E-state index in [0.29, 0.717) is 38.4 Å². The van der Waals surface area contributed by atoms with Gasteiger partial charge in [-0.15, -0.1) is 11.8 Å². The van der Waals surface area contributed by atoms with Crippen LogP contribution in [0.5, 0.6) is 0 Å². The van der Waals surface area contributed by atoms with Gasteiger partial charge in [0, 0.05) is 42.0 Å².